The first kappa shape index (κ1) is 15.8. The molecule has 0 amide bonds. The summed E-state index contributed by atoms with van der Waals surface area (Å²) < 4.78 is 4.02. The average Bonchev–Trinajstić information content (AvgIpc) is 2.84. The zero-order valence-electron chi connectivity index (χ0n) is 14.3. The van der Waals surface area contributed by atoms with E-state index >= 15 is 0 Å². The SMILES string of the molecule is CCn1nc(C)c(C(C)NCc2c(C)nn(C)c2C)c1C. The lowest BCUT2D eigenvalue weighted by Gasteiger charge is -2.15. The van der Waals surface area contributed by atoms with Gasteiger partial charge in [-0.1, -0.05) is 0 Å². The molecule has 0 fully saturated rings. The summed E-state index contributed by atoms with van der Waals surface area (Å²) in [6.45, 7) is 14.5. The van der Waals surface area contributed by atoms with Crippen LogP contribution in [0.15, 0.2) is 0 Å². The highest BCUT2D eigenvalue weighted by Gasteiger charge is 2.18. The molecule has 5 nitrogen and oxygen atoms in total. The Kier molecular flexibility index (Phi) is 4.52. The van der Waals surface area contributed by atoms with Crippen LogP contribution in [0.1, 0.15) is 53.8 Å². The minimum Gasteiger partial charge on any atom is -0.306 e. The van der Waals surface area contributed by atoms with Gasteiger partial charge in [0.25, 0.3) is 0 Å². The molecule has 0 aromatic carbocycles. The molecule has 116 valence electrons. The van der Waals surface area contributed by atoms with E-state index in [9.17, 15) is 0 Å². The molecule has 0 saturated heterocycles. The molecule has 0 aliphatic rings. The fourth-order valence-corrected chi connectivity index (χ4v) is 3.08. The first-order chi connectivity index (χ1) is 9.86. The summed E-state index contributed by atoms with van der Waals surface area (Å²) in [7, 11) is 1.99. The molecular formula is C16H27N5. The van der Waals surface area contributed by atoms with Crippen LogP contribution in [0.3, 0.4) is 0 Å². The van der Waals surface area contributed by atoms with Crippen LogP contribution in [0.4, 0.5) is 0 Å². The highest BCUT2D eigenvalue weighted by atomic mass is 15.3. The van der Waals surface area contributed by atoms with Crippen molar-refractivity contribution in [3.05, 3.63) is 33.9 Å². The molecule has 0 bridgehead atoms. The molecule has 1 atom stereocenters. The second kappa shape index (κ2) is 6.02. The second-order valence-electron chi connectivity index (χ2n) is 5.78. The number of aryl methyl sites for hydroxylation is 4. The van der Waals surface area contributed by atoms with E-state index in [1.54, 1.807) is 0 Å². The number of nitrogens with zero attached hydrogens (tertiary/aromatic N) is 4. The summed E-state index contributed by atoms with van der Waals surface area (Å²) in [5.74, 6) is 0. The fourth-order valence-electron chi connectivity index (χ4n) is 3.08. The van der Waals surface area contributed by atoms with E-state index in [0.717, 1.165) is 24.5 Å². The van der Waals surface area contributed by atoms with Gasteiger partial charge >= 0.3 is 0 Å². The molecule has 0 aliphatic heterocycles. The Balaban J connectivity index is 2.15. The molecule has 5 heteroatoms. The third-order valence-electron chi connectivity index (χ3n) is 4.41. The number of rotatable bonds is 5. The van der Waals surface area contributed by atoms with Gasteiger partial charge in [-0.05, 0) is 41.5 Å². The van der Waals surface area contributed by atoms with Crippen LogP contribution < -0.4 is 5.32 Å². The minimum atomic E-state index is 0.282. The molecular weight excluding hydrogens is 262 g/mol. The van der Waals surface area contributed by atoms with Gasteiger partial charge in [0.1, 0.15) is 0 Å². The summed E-state index contributed by atoms with van der Waals surface area (Å²) in [4.78, 5) is 0. The van der Waals surface area contributed by atoms with Gasteiger partial charge in [0, 0.05) is 48.7 Å². The van der Waals surface area contributed by atoms with Gasteiger partial charge in [-0.2, -0.15) is 10.2 Å². The Morgan fingerprint density at radius 1 is 1.05 bits per heavy atom. The zero-order chi connectivity index (χ0) is 15.7. The van der Waals surface area contributed by atoms with E-state index in [4.69, 9.17) is 0 Å². The Hall–Kier alpha value is -1.62. The minimum absolute atomic E-state index is 0.282. The van der Waals surface area contributed by atoms with Crippen LogP contribution in [0.25, 0.3) is 0 Å². The van der Waals surface area contributed by atoms with Crippen molar-refractivity contribution < 1.29 is 0 Å². The van der Waals surface area contributed by atoms with Crippen LogP contribution in [0, 0.1) is 27.7 Å². The molecule has 2 rings (SSSR count). The van der Waals surface area contributed by atoms with Crippen molar-refractivity contribution >= 4 is 0 Å². The van der Waals surface area contributed by atoms with E-state index in [-0.39, 0.29) is 6.04 Å². The molecule has 2 heterocycles. The Morgan fingerprint density at radius 2 is 1.71 bits per heavy atom. The van der Waals surface area contributed by atoms with Crippen LogP contribution in [-0.4, -0.2) is 19.6 Å². The van der Waals surface area contributed by atoms with Gasteiger partial charge in [0.05, 0.1) is 11.4 Å². The van der Waals surface area contributed by atoms with E-state index in [0.29, 0.717) is 0 Å². The smallest absolute Gasteiger partial charge is 0.0644 e. The summed E-state index contributed by atoms with van der Waals surface area (Å²) in [6, 6.07) is 0.282. The lowest BCUT2D eigenvalue weighted by Crippen LogP contribution is -2.20. The third kappa shape index (κ3) is 2.88. The van der Waals surface area contributed by atoms with E-state index < -0.39 is 0 Å². The lowest BCUT2D eigenvalue weighted by atomic mass is 10.1. The van der Waals surface area contributed by atoms with Gasteiger partial charge < -0.3 is 5.32 Å². The molecule has 1 unspecified atom stereocenters. The van der Waals surface area contributed by atoms with Crippen LogP contribution >= 0.6 is 0 Å². The highest BCUT2D eigenvalue weighted by Crippen LogP contribution is 2.22. The number of hydrogen-bond donors (Lipinski definition) is 1. The molecule has 2 aromatic heterocycles. The van der Waals surface area contributed by atoms with Crippen molar-refractivity contribution in [3.8, 4) is 0 Å². The summed E-state index contributed by atoms with van der Waals surface area (Å²) in [6.07, 6.45) is 0. The molecule has 1 N–H and O–H groups in total. The van der Waals surface area contributed by atoms with Crippen molar-refractivity contribution in [3.63, 3.8) is 0 Å². The summed E-state index contributed by atoms with van der Waals surface area (Å²) in [5.41, 5.74) is 7.32. The Morgan fingerprint density at radius 3 is 2.19 bits per heavy atom. The van der Waals surface area contributed by atoms with Gasteiger partial charge in [-0.3, -0.25) is 9.36 Å². The third-order valence-corrected chi connectivity index (χ3v) is 4.41. The maximum atomic E-state index is 4.60. The van der Waals surface area contributed by atoms with Gasteiger partial charge in [-0.15, -0.1) is 0 Å². The van der Waals surface area contributed by atoms with Crippen LogP contribution in [-0.2, 0) is 20.1 Å². The van der Waals surface area contributed by atoms with Gasteiger partial charge in [0.15, 0.2) is 0 Å². The highest BCUT2D eigenvalue weighted by molar-refractivity contribution is 5.29. The molecule has 0 saturated carbocycles. The Labute approximate surface area is 127 Å². The largest absolute Gasteiger partial charge is 0.306 e. The van der Waals surface area contributed by atoms with Crippen molar-refractivity contribution in [2.24, 2.45) is 7.05 Å². The average molecular weight is 289 g/mol. The van der Waals surface area contributed by atoms with Gasteiger partial charge in [0.2, 0.25) is 0 Å². The van der Waals surface area contributed by atoms with Crippen LogP contribution in [0.5, 0.6) is 0 Å². The number of hydrogen-bond acceptors (Lipinski definition) is 3. The van der Waals surface area contributed by atoms with Crippen LogP contribution in [0.2, 0.25) is 0 Å². The van der Waals surface area contributed by atoms with E-state index in [1.165, 1.54) is 22.5 Å². The monoisotopic (exact) mass is 289 g/mol. The number of nitrogens with one attached hydrogen (secondary N) is 1. The maximum Gasteiger partial charge on any atom is 0.0644 e. The normalized spacial score (nSPS) is 12.9. The van der Waals surface area contributed by atoms with E-state index in [2.05, 4.69) is 61.7 Å². The van der Waals surface area contributed by atoms with Crippen molar-refractivity contribution in [2.75, 3.05) is 0 Å². The van der Waals surface area contributed by atoms with E-state index in [1.807, 2.05) is 11.7 Å². The lowest BCUT2D eigenvalue weighted by molar-refractivity contribution is 0.563. The molecule has 0 spiro atoms. The summed E-state index contributed by atoms with van der Waals surface area (Å²) >= 11 is 0. The molecule has 0 radical (unpaired) electrons. The topological polar surface area (TPSA) is 47.7 Å². The first-order valence-corrected chi connectivity index (χ1v) is 7.63. The maximum absolute atomic E-state index is 4.60. The Bertz CT molecular complexity index is 636. The second-order valence-corrected chi connectivity index (χ2v) is 5.78. The summed E-state index contributed by atoms with van der Waals surface area (Å²) in [5, 5.41) is 12.7. The molecule has 0 aliphatic carbocycles. The predicted octanol–water partition coefficient (Wildman–Crippen LogP) is 2.72. The molecule has 21 heavy (non-hydrogen) atoms. The first-order valence-electron chi connectivity index (χ1n) is 7.63. The van der Waals surface area contributed by atoms with Crippen molar-refractivity contribution in [1.82, 2.24) is 24.9 Å². The number of aromatic nitrogens is 4. The zero-order valence-corrected chi connectivity index (χ0v) is 14.3. The molecule has 2 aromatic rings. The van der Waals surface area contributed by atoms with Crippen molar-refractivity contribution in [1.29, 1.82) is 0 Å². The van der Waals surface area contributed by atoms with Gasteiger partial charge in [-0.25, -0.2) is 0 Å². The van der Waals surface area contributed by atoms with Crippen molar-refractivity contribution in [2.45, 2.75) is 60.7 Å². The predicted molar refractivity (Wildman–Crippen MR) is 85.3 cm³/mol. The standard InChI is InChI=1S/C16H27N5/c1-8-21-14(6)16(12(4)19-21)11(3)17-9-15-10(2)18-20(7)13(15)5/h11,17H,8-9H2,1-7H3. The quantitative estimate of drug-likeness (QED) is 0.920. The fraction of sp³-hybridized carbons (Fsp3) is 0.625.